The Hall–Kier alpha value is -1.78. The molecule has 1 fully saturated rings. The van der Waals surface area contributed by atoms with Crippen LogP contribution < -0.4 is 0 Å². The molecular formula is C18H19N. The van der Waals surface area contributed by atoms with Crippen molar-refractivity contribution in [3.8, 4) is 11.8 Å². The van der Waals surface area contributed by atoms with E-state index in [0.717, 1.165) is 12.1 Å². The smallest absolute Gasteiger partial charge is 0.0605 e. The summed E-state index contributed by atoms with van der Waals surface area (Å²) in [6, 6.07) is 14.8. The van der Waals surface area contributed by atoms with E-state index in [1.54, 1.807) is 0 Å². The van der Waals surface area contributed by atoms with Crippen molar-refractivity contribution in [2.75, 3.05) is 19.6 Å². The van der Waals surface area contributed by atoms with Crippen molar-refractivity contribution in [2.24, 2.45) is 0 Å². The minimum Gasteiger partial charge on any atom is -0.292 e. The topological polar surface area (TPSA) is 3.24 Å². The monoisotopic (exact) mass is 249 g/mol. The molecule has 0 unspecified atom stereocenters. The SMILES string of the molecule is C(#Cc1cccc2ccccc12)CN1CCCCC1. The van der Waals surface area contributed by atoms with Crippen LogP contribution in [-0.4, -0.2) is 24.5 Å². The number of rotatable bonds is 1. The molecule has 1 aliphatic heterocycles. The zero-order valence-corrected chi connectivity index (χ0v) is 11.2. The summed E-state index contributed by atoms with van der Waals surface area (Å²) in [7, 11) is 0. The number of piperidine rings is 1. The second kappa shape index (κ2) is 5.91. The lowest BCUT2D eigenvalue weighted by molar-refractivity contribution is 0.255. The van der Waals surface area contributed by atoms with Gasteiger partial charge in [-0.1, -0.05) is 54.7 Å². The molecule has 3 rings (SSSR count). The fraction of sp³-hybridized carbons (Fsp3) is 0.333. The van der Waals surface area contributed by atoms with E-state index < -0.39 is 0 Å². The van der Waals surface area contributed by atoms with Gasteiger partial charge in [0.15, 0.2) is 0 Å². The van der Waals surface area contributed by atoms with Gasteiger partial charge in [-0.3, -0.25) is 4.90 Å². The van der Waals surface area contributed by atoms with Gasteiger partial charge in [-0.2, -0.15) is 0 Å². The lowest BCUT2D eigenvalue weighted by atomic mass is 10.1. The van der Waals surface area contributed by atoms with E-state index >= 15 is 0 Å². The van der Waals surface area contributed by atoms with Crippen molar-refractivity contribution in [1.82, 2.24) is 4.90 Å². The molecular weight excluding hydrogens is 230 g/mol. The molecule has 96 valence electrons. The van der Waals surface area contributed by atoms with E-state index in [2.05, 4.69) is 59.2 Å². The third-order valence-electron chi connectivity index (χ3n) is 3.76. The van der Waals surface area contributed by atoms with E-state index in [1.807, 2.05) is 0 Å². The van der Waals surface area contributed by atoms with Crippen molar-refractivity contribution in [3.63, 3.8) is 0 Å². The third kappa shape index (κ3) is 2.97. The van der Waals surface area contributed by atoms with Gasteiger partial charge in [-0.25, -0.2) is 0 Å². The highest BCUT2D eigenvalue weighted by atomic mass is 15.1. The van der Waals surface area contributed by atoms with E-state index in [0.29, 0.717) is 0 Å². The van der Waals surface area contributed by atoms with Crippen LogP contribution in [0.25, 0.3) is 10.8 Å². The predicted molar refractivity (Wildman–Crippen MR) is 81.1 cm³/mol. The van der Waals surface area contributed by atoms with Crippen LogP contribution in [0, 0.1) is 11.8 Å². The molecule has 0 aliphatic carbocycles. The summed E-state index contributed by atoms with van der Waals surface area (Å²) in [5.74, 6) is 6.68. The van der Waals surface area contributed by atoms with Crippen LogP contribution in [0.1, 0.15) is 24.8 Å². The van der Waals surface area contributed by atoms with Crippen LogP contribution in [0.5, 0.6) is 0 Å². The standard InChI is InChI=1S/C18H19N/c1-4-13-19(14-5-1)15-7-11-17-10-6-9-16-8-2-3-12-18(16)17/h2-3,6,8-10,12H,1,4-5,13-15H2. The van der Waals surface area contributed by atoms with Gasteiger partial charge >= 0.3 is 0 Å². The molecule has 2 aromatic carbocycles. The Labute approximate surface area is 115 Å². The maximum absolute atomic E-state index is 3.34. The van der Waals surface area contributed by atoms with Gasteiger partial charge in [0.05, 0.1) is 6.54 Å². The van der Waals surface area contributed by atoms with Gasteiger partial charge < -0.3 is 0 Å². The first kappa shape index (κ1) is 12.3. The second-order valence-electron chi connectivity index (χ2n) is 5.17. The fourth-order valence-corrected chi connectivity index (χ4v) is 2.70. The molecule has 0 amide bonds. The van der Waals surface area contributed by atoms with Crippen molar-refractivity contribution < 1.29 is 0 Å². The quantitative estimate of drug-likeness (QED) is 0.697. The fourth-order valence-electron chi connectivity index (χ4n) is 2.70. The summed E-state index contributed by atoms with van der Waals surface area (Å²) in [5, 5.41) is 2.53. The zero-order valence-electron chi connectivity index (χ0n) is 11.2. The zero-order chi connectivity index (χ0) is 12.9. The van der Waals surface area contributed by atoms with E-state index in [1.165, 1.54) is 43.1 Å². The van der Waals surface area contributed by atoms with Crippen LogP contribution in [0.3, 0.4) is 0 Å². The summed E-state index contributed by atoms with van der Waals surface area (Å²) in [6.45, 7) is 3.33. The molecule has 0 spiro atoms. The Balaban J connectivity index is 1.78. The van der Waals surface area contributed by atoms with Crippen LogP contribution in [0.2, 0.25) is 0 Å². The Morgan fingerprint density at radius 1 is 0.895 bits per heavy atom. The summed E-state index contributed by atoms with van der Waals surface area (Å²) in [4.78, 5) is 2.46. The summed E-state index contributed by atoms with van der Waals surface area (Å²) >= 11 is 0. The average molecular weight is 249 g/mol. The minimum atomic E-state index is 0.906. The van der Waals surface area contributed by atoms with Crippen molar-refractivity contribution in [2.45, 2.75) is 19.3 Å². The maximum atomic E-state index is 3.34. The predicted octanol–water partition coefficient (Wildman–Crippen LogP) is 3.68. The highest BCUT2D eigenvalue weighted by Gasteiger charge is 2.07. The number of fused-ring (bicyclic) bond motifs is 1. The normalized spacial score (nSPS) is 16.0. The lowest BCUT2D eigenvalue weighted by Crippen LogP contribution is -2.29. The summed E-state index contributed by atoms with van der Waals surface area (Å²) in [5.41, 5.74) is 1.15. The molecule has 0 N–H and O–H groups in total. The molecule has 19 heavy (non-hydrogen) atoms. The Morgan fingerprint density at radius 2 is 1.68 bits per heavy atom. The molecule has 1 aliphatic rings. The van der Waals surface area contributed by atoms with Crippen molar-refractivity contribution in [1.29, 1.82) is 0 Å². The third-order valence-corrected chi connectivity index (χ3v) is 3.76. The van der Waals surface area contributed by atoms with Gasteiger partial charge in [0, 0.05) is 5.56 Å². The van der Waals surface area contributed by atoms with Gasteiger partial charge in [-0.15, -0.1) is 0 Å². The summed E-state index contributed by atoms with van der Waals surface area (Å²) < 4.78 is 0. The highest BCUT2D eigenvalue weighted by molar-refractivity contribution is 5.88. The van der Waals surface area contributed by atoms with E-state index in [4.69, 9.17) is 0 Å². The molecule has 0 radical (unpaired) electrons. The molecule has 0 saturated carbocycles. The lowest BCUT2D eigenvalue weighted by Gasteiger charge is -2.23. The van der Waals surface area contributed by atoms with Crippen LogP contribution in [0.15, 0.2) is 42.5 Å². The van der Waals surface area contributed by atoms with Gasteiger partial charge in [0.1, 0.15) is 0 Å². The first-order chi connectivity index (χ1) is 9.43. The van der Waals surface area contributed by atoms with E-state index in [9.17, 15) is 0 Å². The van der Waals surface area contributed by atoms with Crippen molar-refractivity contribution >= 4 is 10.8 Å². The number of hydrogen-bond acceptors (Lipinski definition) is 1. The first-order valence-corrected chi connectivity index (χ1v) is 7.12. The number of benzene rings is 2. The molecule has 0 bridgehead atoms. The average Bonchev–Trinajstić information content (AvgIpc) is 2.49. The largest absolute Gasteiger partial charge is 0.292 e. The van der Waals surface area contributed by atoms with Gasteiger partial charge in [0.2, 0.25) is 0 Å². The molecule has 1 heterocycles. The molecule has 0 atom stereocenters. The second-order valence-corrected chi connectivity index (χ2v) is 5.17. The van der Waals surface area contributed by atoms with Gasteiger partial charge in [0.25, 0.3) is 0 Å². The van der Waals surface area contributed by atoms with Crippen molar-refractivity contribution in [3.05, 3.63) is 48.0 Å². The minimum absolute atomic E-state index is 0.906. The maximum Gasteiger partial charge on any atom is 0.0605 e. The molecule has 2 aromatic rings. The number of nitrogens with zero attached hydrogens (tertiary/aromatic N) is 1. The van der Waals surface area contributed by atoms with Crippen LogP contribution >= 0.6 is 0 Å². The van der Waals surface area contributed by atoms with Gasteiger partial charge in [-0.05, 0) is 42.8 Å². The molecule has 1 saturated heterocycles. The van der Waals surface area contributed by atoms with Crippen LogP contribution in [0.4, 0.5) is 0 Å². The highest BCUT2D eigenvalue weighted by Crippen LogP contribution is 2.17. The molecule has 1 nitrogen and oxygen atoms in total. The van der Waals surface area contributed by atoms with Crippen LogP contribution in [-0.2, 0) is 0 Å². The Bertz CT molecular complexity index is 607. The molecule has 0 aromatic heterocycles. The van der Waals surface area contributed by atoms with E-state index in [-0.39, 0.29) is 0 Å². The molecule has 1 heteroatoms. The Kier molecular flexibility index (Phi) is 3.81. The number of likely N-dealkylation sites (tertiary alicyclic amines) is 1. The Morgan fingerprint density at radius 3 is 2.58 bits per heavy atom. The first-order valence-electron chi connectivity index (χ1n) is 7.12. The summed E-state index contributed by atoms with van der Waals surface area (Å²) in [6.07, 6.45) is 4.04. The number of hydrogen-bond donors (Lipinski definition) is 0.